The van der Waals surface area contributed by atoms with Crippen LogP contribution in [0.25, 0.3) is 0 Å². The number of H-pyrrole nitrogens is 1. The molecule has 1 atom stereocenters. The third-order valence-corrected chi connectivity index (χ3v) is 6.02. The number of hydrogen-bond donors (Lipinski definition) is 2. The molecule has 3 heterocycles. The number of piperidine rings is 1. The first-order chi connectivity index (χ1) is 12.1. The van der Waals surface area contributed by atoms with Crippen LogP contribution in [0.5, 0.6) is 0 Å². The van der Waals surface area contributed by atoms with E-state index < -0.39 is 0 Å². The quantitative estimate of drug-likeness (QED) is 0.877. The zero-order valence-corrected chi connectivity index (χ0v) is 15.1. The summed E-state index contributed by atoms with van der Waals surface area (Å²) in [5, 5.41) is 3.44. The van der Waals surface area contributed by atoms with Crippen molar-refractivity contribution in [2.24, 2.45) is 5.41 Å². The van der Waals surface area contributed by atoms with Gasteiger partial charge < -0.3 is 19.8 Å². The molecule has 6 heteroatoms. The first kappa shape index (κ1) is 16.4. The fraction of sp³-hybridized carbons (Fsp3) is 0.579. The number of carbonyl (C=O) groups is 1. The van der Waals surface area contributed by atoms with E-state index in [0.717, 1.165) is 56.0 Å². The highest BCUT2D eigenvalue weighted by Gasteiger charge is 2.58. The van der Waals surface area contributed by atoms with Gasteiger partial charge in [-0.3, -0.25) is 4.79 Å². The summed E-state index contributed by atoms with van der Waals surface area (Å²) in [5.74, 6) is 1.10. The van der Waals surface area contributed by atoms with Crippen molar-refractivity contribution < 1.29 is 4.79 Å². The molecule has 2 fully saturated rings. The lowest BCUT2D eigenvalue weighted by Crippen LogP contribution is -2.39. The Kier molecular flexibility index (Phi) is 4.15. The van der Waals surface area contributed by atoms with Crippen LogP contribution in [0.15, 0.2) is 24.7 Å². The van der Waals surface area contributed by atoms with Gasteiger partial charge in [-0.2, -0.15) is 0 Å². The molecule has 1 amide bonds. The highest BCUT2D eigenvalue weighted by Crippen LogP contribution is 2.56. The summed E-state index contributed by atoms with van der Waals surface area (Å²) in [4.78, 5) is 23.0. The Morgan fingerprint density at radius 1 is 1.44 bits per heavy atom. The molecule has 0 bridgehead atoms. The maximum Gasteiger partial charge on any atom is 0.256 e. The number of hydrogen-bond acceptors (Lipinski definition) is 3. The van der Waals surface area contributed by atoms with Gasteiger partial charge in [0.2, 0.25) is 0 Å². The fourth-order valence-electron chi connectivity index (χ4n) is 4.32. The van der Waals surface area contributed by atoms with Crippen LogP contribution in [0, 0.1) is 12.3 Å². The third-order valence-electron chi connectivity index (χ3n) is 6.02. The molecular weight excluding hydrogens is 314 g/mol. The normalized spacial score (nSPS) is 21.4. The fourth-order valence-corrected chi connectivity index (χ4v) is 4.32. The van der Waals surface area contributed by atoms with Crippen molar-refractivity contribution >= 4 is 5.91 Å². The number of carbonyl (C=O) groups excluding carboxylic acids is 1. The number of aromatic nitrogens is 3. The van der Waals surface area contributed by atoms with Crippen molar-refractivity contribution in [3.05, 3.63) is 41.7 Å². The SMILES string of the molecule is CCn1ccnc1CN(C(=O)c1cc[nH]c1C)C1CC12CCNCC2. The van der Waals surface area contributed by atoms with E-state index in [-0.39, 0.29) is 5.91 Å². The molecular formula is C19H27N5O. The number of rotatable bonds is 5. The molecule has 0 aromatic carbocycles. The second-order valence-electron chi connectivity index (χ2n) is 7.41. The number of nitrogens with one attached hydrogen (secondary N) is 2. The standard InChI is InChI=1S/C19H27N5O/c1-3-23-11-10-22-17(23)13-24(18(25)15-4-7-21-14(15)2)16-12-19(16)5-8-20-9-6-19/h4,7,10-11,16,20-21H,3,5-6,8-9,12-13H2,1-2H3. The molecule has 1 saturated carbocycles. The lowest BCUT2D eigenvalue weighted by atomic mass is 9.93. The largest absolute Gasteiger partial charge is 0.365 e. The van der Waals surface area contributed by atoms with E-state index in [0.29, 0.717) is 18.0 Å². The Morgan fingerprint density at radius 2 is 2.24 bits per heavy atom. The Bertz CT molecular complexity index is 755. The summed E-state index contributed by atoms with van der Waals surface area (Å²) in [7, 11) is 0. The summed E-state index contributed by atoms with van der Waals surface area (Å²) in [6.45, 7) is 7.66. The minimum absolute atomic E-state index is 0.129. The van der Waals surface area contributed by atoms with Crippen LogP contribution >= 0.6 is 0 Å². The molecule has 1 aliphatic carbocycles. The lowest BCUT2D eigenvalue weighted by molar-refractivity contribution is 0.0684. The second kappa shape index (κ2) is 6.33. The smallest absolute Gasteiger partial charge is 0.256 e. The molecule has 1 spiro atoms. The maximum absolute atomic E-state index is 13.3. The van der Waals surface area contributed by atoms with Gasteiger partial charge in [0.05, 0.1) is 12.1 Å². The highest BCUT2D eigenvalue weighted by atomic mass is 16.2. The van der Waals surface area contributed by atoms with Gasteiger partial charge in [-0.05, 0) is 57.7 Å². The molecule has 25 heavy (non-hydrogen) atoms. The number of nitrogens with zero attached hydrogens (tertiary/aromatic N) is 3. The minimum Gasteiger partial charge on any atom is -0.365 e. The summed E-state index contributed by atoms with van der Waals surface area (Å²) < 4.78 is 2.13. The third kappa shape index (κ3) is 2.88. The number of amides is 1. The van der Waals surface area contributed by atoms with E-state index in [4.69, 9.17) is 0 Å². The second-order valence-corrected chi connectivity index (χ2v) is 7.41. The van der Waals surface area contributed by atoms with Gasteiger partial charge >= 0.3 is 0 Å². The molecule has 1 unspecified atom stereocenters. The van der Waals surface area contributed by atoms with Crippen LogP contribution in [0.1, 0.15) is 48.1 Å². The highest BCUT2D eigenvalue weighted by molar-refractivity contribution is 5.95. The van der Waals surface area contributed by atoms with Crippen molar-refractivity contribution in [1.82, 2.24) is 24.8 Å². The number of imidazole rings is 1. The molecule has 2 N–H and O–H groups in total. The number of aromatic amines is 1. The summed E-state index contributed by atoms with van der Waals surface area (Å²) >= 11 is 0. The van der Waals surface area contributed by atoms with Crippen molar-refractivity contribution in [3.63, 3.8) is 0 Å². The average Bonchev–Trinajstić information content (AvgIpc) is 2.99. The van der Waals surface area contributed by atoms with Crippen LogP contribution in [-0.2, 0) is 13.1 Å². The Balaban J connectivity index is 1.62. The van der Waals surface area contributed by atoms with E-state index in [2.05, 4.69) is 31.7 Å². The topological polar surface area (TPSA) is 66.0 Å². The lowest BCUT2D eigenvalue weighted by Gasteiger charge is -2.29. The maximum atomic E-state index is 13.3. The zero-order valence-electron chi connectivity index (χ0n) is 15.1. The van der Waals surface area contributed by atoms with E-state index in [1.54, 1.807) is 0 Å². The van der Waals surface area contributed by atoms with Crippen molar-refractivity contribution in [2.75, 3.05) is 13.1 Å². The van der Waals surface area contributed by atoms with Crippen molar-refractivity contribution in [2.45, 2.75) is 52.2 Å². The average molecular weight is 341 g/mol. The minimum atomic E-state index is 0.129. The van der Waals surface area contributed by atoms with E-state index >= 15 is 0 Å². The van der Waals surface area contributed by atoms with Crippen LogP contribution < -0.4 is 5.32 Å². The Morgan fingerprint density at radius 3 is 2.92 bits per heavy atom. The van der Waals surface area contributed by atoms with Crippen molar-refractivity contribution in [3.8, 4) is 0 Å². The Labute approximate surface area is 148 Å². The monoisotopic (exact) mass is 341 g/mol. The van der Waals surface area contributed by atoms with Gasteiger partial charge in [0.1, 0.15) is 5.82 Å². The summed E-state index contributed by atoms with van der Waals surface area (Å²) in [5.41, 5.74) is 2.04. The molecule has 0 radical (unpaired) electrons. The number of aryl methyl sites for hydroxylation is 2. The summed E-state index contributed by atoms with van der Waals surface area (Å²) in [6, 6.07) is 2.23. The van der Waals surface area contributed by atoms with Gasteiger partial charge in [0.25, 0.3) is 5.91 Å². The van der Waals surface area contributed by atoms with Gasteiger partial charge in [-0.1, -0.05) is 0 Å². The predicted octanol–water partition coefficient (Wildman–Crippen LogP) is 2.32. The van der Waals surface area contributed by atoms with Crippen LogP contribution in [0.2, 0.25) is 0 Å². The molecule has 4 rings (SSSR count). The molecule has 1 aliphatic heterocycles. The van der Waals surface area contributed by atoms with Crippen LogP contribution in [0.4, 0.5) is 0 Å². The molecule has 1 saturated heterocycles. The molecule has 134 valence electrons. The zero-order chi connectivity index (χ0) is 17.4. The first-order valence-corrected chi connectivity index (χ1v) is 9.30. The van der Waals surface area contributed by atoms with Gasteiger partial charge in [0.15, 0.2) is 0 Å². The van der Waals surface area contributed by atoms with Crippen LogP contribution in [0.3, 0.4) is 0 Å². The van der Waals surface area contributed by atoms with E-state index in [1.165, 1.54) is 0 Å². The van der Waals surface area contributed by atoms with Gasteiger partial charge in [0, 0.05) is 36.9 Å². The molecule has 2 aromatic rings. The van der Waals surface area contributed by atoms with Gasteiger partial charge in [-0.15, -0.1) is 0 Å². The van der Waals surface area contributed by atoms with Crippen molar-refractivity contribution in [1.29, 1.82) is 0 Å². The molecule has 6 nitrogen and oxygen atoms in total. The first-order valence-electron chi connectivity index (χ1n) is 9.30. The molecule has 2 aromatic heterocycles. The van der Waals surface area contributed by atoms with E-state index in [1.807, 2.05) is 31.6 Å². The molecule has 2 aliphatic rings. The predicted molar refractivity (Wildman–Crippen MR) is 96.2 cm³/mol. The van der Waals surface area contributed by atoms with Gasteiger partial charge in [-0.25, -0.2) is 4.98 Å². The Hall–Kier alpha value is -2.08. The van der Waals surface area contributed by atoms with E-state index in [9.17, 15) is 4.79 Å². The van der Waals surface area contributed by atoms with Crippen LogP contribution in [-0.4, -0.2) is 44.5 Å². The summed E-state index contributed by atoms with van der Waals surface area (Å²) in [6.07, 6.45) is 9.12.